The summed E-state index contributed by atoms with van der Waals surface area (Å²) >= 11 is 0. The number of rotatable bonds is 4. The third kappa shape index (κ3) is 3.18. The lowest BCUT2D eigenvalue weighted by Gasteiger charge is -2.33. The maximum atomic E-state index is 10.9. The first-order valence-corrected chi connectivity index (χ1v) is 6.46. The zero-order chi connectivity index (χ0) is 13.0. The predicted molar refractivity (Wildman–Crippen MR) is 70.2 cm³/mol. The number of nitrogens with two attached hydrogens (primary N) is 1. The number of nitrogens with one attached hydrogen (secondary N) is 1. The zero-order valence-electron chi connectivity index (χ0n) is 10.8. The fourth-order valence-corrected chi connectivity index (χ4v) is 2.44. The summed E-state index contributed by atoms with van der Waals surface area (Å²) in [6.07, 6.45) is 6.48. The van der Waals surface area contributed by atoms with Gasteiger partial charge in [0.05, 0.1) is 0 Å². The molecule has 2 rings (SSSR count). The number of amides is 1. The van der Waals surface area contributed by atoms with E-state index in [2.05, 4.69) is 22.4 Å². The normalized spacial score (nSPS) is 18.3. The van der Waals surface area contributed by atoms with Gasteiger partial charge >= 0.3 is 0 Å². The smallest absolute Gasteiger partial charge is 0.269 e. The Balaban J connectivity index is 1.91. The fourth-order valence-electron chi connectivity index (χ4n) is 2.44. The number of carbonyl (C=O) groups is 1. The number of carbonyl (C=O) groups excluding carboxylic acids is 1. The highest BCUT2D eigenvalue weighted by molar-refractivity contribution is 5.90. The Kier molecular flexibility index (Phi) is 3.79. The summed E-state index contributed by atoms with van der Waals surface area (Å²) in [6, 6.07) is 3.35. The summed E-state index contributed by atoms with van der Waals surface area (Å²) in [5.74, 6) is 0.153. The lowest BCUT2D eigenvalue weighted by atomic mass is 9.76. The summed E-state index contributed by atoms with van der Waals surface area (Å²) in [6.45, 7) is 3.21. The zero-order valence-corrected chi connectivity index (χ0v) is 10.8. The van der Waals surface area contributed by atoms with Crippen molar-refractivity contribution in [2.45, 2.75) is 39.0 Å². The van der Waals surface area contributed by atoms with Crippen LogP contribution in [-0.4, -0.2) is 22.6 Å². The van der Waals surface area contributed by atoms with Crippen LogP contribution in [0.25, 0.3) is 0 Å². The van der Waals surface area contributed by atoms with E-state index in [1.54, 1.807) is 12.1 Å². The minimum absolute atomic E-state index is 0.199. The molecule has 0 aromatic carbocycles. The quantitative estimate of drug-likeness (QED) is 0.853. The van der Waals surface area contributed by atoms with Gasteiger partial charge in [0.15, 0.2) is 5.69 Å². The van der Waals surface area contributed by atoms with E-state index >= 15 is 0 Å². The summed E-state index contributed by atoms with van der Waals surface area (Å²) in [4.78, 5) is 10.9. The first-order chi connectivity index (χ1) is 8.59. The largest absolute Gasteiger partial charge is 0.368 e. The molecule has 0 aliphatic heterocycles. The van der Waals surface area contributed by atoms with Crippen LogP contribution in [0.4, 0.5) is 5.82 Å². The van der Waals surface area contributed by atoms with Crippen LogP contribution in [0.15, 0.2) is 12.1 Å². The molecule has 98 valence electrons. The maximum Gasteiger partial charge on any atom is 0.269 e. The van der Waals surface area contributed by atoms with Gasteiger partial charge in [-0.1, -0.05) is 26.2 Å². The molecule has 1 aromatic rings. The molecule has 1 heterocycles. The van der Waals surface area contributed by atoms with E-state index in [9.17, 15) is 4.79 Å². The minimum Gasteiger partial charge on any atom is -0.368 e. The predicted octanol–water partition coefficient (Wildman–Crippen LogP) is 1.96. The van der Waals surface area contributed by atoms with Crippen LogP contribution in [0.2, 0.25) is 0 Å². The van der Waals surface area contributed by atoms with E-state index in [0.29, 0.717) is 11.2 Å². The summed E-state index contributed by atoms with van der Waals surface area (Å²) < 4.78 is 0. The van der Waals surface area contributed by atoms with Crippen LogP contribution >= 0.6 is 0 Å². The lowest BCUT2D eigenvalue weighted by molar-refractivity contribution is 0.0994. The molecule has 0 spiro atoms. The maximum absolute atomic E-state index is 10.9. The van der Waals surface area contributed by atoms with Crippen molar-refractivity contribution in [1.29, 1.82) is 0 Å². The van der Waals surface area contributed by atoms with E-state index in [1.807, 2.05) is 0 Å². The van der Waals surface area contributed by atoms with Gasteiger partial charge in [-0.2, -0.15) is 0 Å². The van der Waals surface area contributed by atoms with Gasteiger partial charge in [0.1, 0.15) is 5.82 Å². The van der Waals surface area contributed by atoms with Gasteiger partial charge in [-0.05, 0) is 30.4 Å². The Bertz CT molecular complexity index is 410. The van der Waals surface area contributed by atoms with Crippen molar-refractivity contribution in [2.24, 2.45) is 11.1 Å². The SMILES string of the molecule is CC1(CNc2ccc(C(N)=O)nn2)CCCCC1. The molecule has 1 fully saturated rings. The molecule has 1 aromatic heterocycles. The van der Waals surface area contributed by atoms with Gasteiger partial charge in [-0.3, -0.25) is 4.79 Å². The van der Waals surface area contributed by atoms with E-state index in [4.69, 9.17) is 5.73 Å². The highest BCUT2D eigenvalue weighted by Crippen LogP contribution is 2.35. The van der Waals surface area contributed by atoms with Gasteiger partial charge in [0.25, 0.3) is 5.91 Å². The molecule has 1 saturated carbocycles. The molecule has 0 bridgehead atoms. The number of primary amides is 1. The van der Waals surface area contributed by atoms with Crippen LogP contribution in [0.3, 0.4) is 0 Å². The second-order valence-corrected chi connectivity index (χ2v) is 5.39. The number of nitrogens with zero attached hydrogens (tertiary/aromatic N) is 2. The highest BCUT2D eigenvalue weighted by Gasteiger charge is 2.26. The van der Waals surface area contributed by atoms with Crippen molar-refractivity contribution < 1.29 is 4.79 Å². The molecule has 5 nitrogen and oxygen atoms in total. The van der Waals surface area contributed by atoms with Crippen molar-refractivity contribution in [3.8, 4) is 0 Å². The van der Waals surface area contributed by atoms with E-state index < -0.39 is 5.91 Å². The van der Waals surface area contributed by atoms with Gasteiger partial charge in [-0.25, -0.2) is 0 Å². The Morgan fingerprint density at radius 3 is 2.61 bits per heavy atom. The second-order valence-electron chi connectivity index (χ2n) is 5.39. The van der Waals surface area contributed by atoms with Gasteiger partial charge in [0.2, 0.25) is 0 Å². The first-order valence-electron chi connectivity index (χ1n) is 6.46. The summed E-state index contributed by atoms with van der Waals surface area (Å²) in [5, 5.41) is 11.0. The second kappa shape index (κ2) is 5.33. The third-order valence-electron chi connectivity index (χ3n) is 3.67. The Morgan fingerprint density at radius 2 is 2.06 bits per heavy atom. The molecule has 1 amide bonds. The average Bonchev–Trinajstić information content (AvgIpc) is 2.38. The molecule has 3 N–H and O–H groups in total. The topological polar surface area (TPSA) is 80.9 Å². The van der Waals surface area contributed by atoms with E-state index in [0.717, 1.165) is 6.54 Å². The Morgan fingerprint density at radius 1 is 1.33 bits per heavy atom. The lowest BCUT2D eigenvalue weighted by Crippen LogP contribution is -2.29. The van der Waals surface area contributed by atoms with Crippen molar-refractivity contribution in [2.75, 3.05) is 11.9 Å². The van der Waals surface area contributed by atoms with Crippen molar-refractivity contribution in [3.63, 3.8) is 0 Å². The van der Waals surface area contributed by atoms with Crippen molar-refractivity contribution >= 4 is 11.7 Å². The molecule has 0 saturated heterocycles. The molecule has 0 radical (unpaired) electrons. The molecule has 0 unspecified atom stereocenters. The summed E-state index contributed by atoms with van der Waals surface area (Å²) in [7, 11) is 0. The minimum atomic E-state index is -0.548. The van der Waals surface area contributed by atoms with E-state index in [1.165, 1.54) is 32.1 Å². The van der Waals surface area contributed by atoms with Crippen LogP contribution in [0, 0.1) is 5.41 Å². The number of anilines is 1. The monoisotopic (exact) mass is 248 g/mol. The van der Waals surface area contributed by atoms with Crippen molar-refractivity contribution in [1.82, 2.24) is 10.2 Å². The average molecular weight is 248 g/mol. The van der Waals surface area contributed by atoms with Gasteiger partial charge in [-0.15, -0.1) is 10.2 Å². The number of hydrogen-bond acceptors (Lipinski definition) is 4. The third-order valence-corrected chi connectivity index (χ3v) is 3.67. The molecule has 0 atom stereocenters. The highest BCUT2D eigenvalue weighted by atomic mass is 16.1. The van der Waals surface area contributed by atoms with Gasteiger partial charge in [0, 0.05) is 6.54 Å². The van der Waals surface area contributed by atoms with E-state index in [-0.39, 0.29) is 5.69 Å². The molecule has 1 aliphatic rings. The number of aromatic nitrogens is 2. The Labute approximate surface area is 107 Å². The van der Waals surface area contributed by atoms with Crippen LogP contribution in [0.5, 0.6) is 0 Å². The first kappa shape index (κ1) is 12.8. The Hall–Kier alpha value is -1.65. The molecular formula is C13H20N4O. The molecular weight excluding hydrogens is 228 g/mol. The molecule has 5 heteroatoms. The van der Waals surface area contributed by atoms with Crippen LogP contribution in [0.1, 0.15) is 49.5 Å². The fraction of sp³-hybridized carbons (Fsp3) is 0.615. The summed E-state index contributed by atoms with van der Waals surface area (Å²) in [5.41, 5.74) is 5.66. The number of hydrogen-bond donors (Lipinski definition) is 2. The molecule has 1 aliphatic carbocycles. The van der Waals surface area contributed by atoms with Crippen molar-refractivity contribution in [3.05, 3.63) is 17.8 Å². The van der Waals surface area contributed by atoms with Crippen LogP contribution in [-0.2, 0) is 0 Å². The molecule has 18 heavy (non-hydrogen) atoms. The standard InChI is InChI=1S/C13H20N4O/c1-13(7-3-2-4-8-13)9-15-11-6-5-10(12(14)18)16-17-11/h5-6H,2-4,7-9H2,1H3,(H2,14,18)(H,15,17). The van der Waals surface area contributed by atoms with Crippen LogP contribution < -0.4 is 11.1 Å². The van der Waals surface area contributed by atoms with Gasteiger partial charge < -0.3 is 11.1 Å².